The van der Waals surface area contributed by atoms with Crippen LogP contribution < -0.4 is 15.5 Å². The molecule has 222 valence electrons. The third-order valence-corrected chi connectivity index (χ3v) is 10.6. The highest BCUT2D eigenvalue weighted by Gasteiger charge is 2.39. The van der Waals surface area contributed by atoms with Crippen LogP contribution >= 0.6 is 23.1 Å². The van der Waals surface area contributed by atoms with Crippen molar-refractivity contribution in [1.29, 1.82) is 0 Å². The van der Waals surface area contributed by atoms with Gasteiger partial charge in [0.1, 0.15) is 10.4 Å². The summed E-state index contributed by atoms with van der Waals surface area (Å²) in [5.74, 6) is 1.15. The van der Waals surface area contributed by atoms with Crippen LogP contribution in [0.4, 0.5) is 30.5 Å². The number of hydrogen-bond acceptors (Lipinski definition) is 8. The maximum atomic E-state index is 14.2. The molecular weight excluding hydrogens is 581 g/mol. The molecule has 2 aliphatic heterocycles. The van der Waals surface area contributed by atoms with E-state index in [2.05, 4.69) is 51.5 Å². The van der Waals surface area contributed by atoms with Crippen LogP contribution in [0.5, 0.6) is 0 Å². The Balaban J connectivity index is 1.22. The molecule has 2 atom stereocenters. The average molecular weight is 615 g/mol. The number of halogens is 3. The Hall–Kier alpha value is -2.83. The van der Waals surface area contributed by atoms with Gasteiger partial charge in [-0.25, -0.2) is 9.97 Å². The minimum absolute atomic E-state index is 0.0860. The number of hydrogen-bond donors (Lipinski definition) is 2. The number of nitrogens with one attached hydrogen (secondary N) is 2. The number of fused-ring (bicyclic) bond motifs is 1. The molecule has 42 heavy (non-hydrogen) atoms. The van der Waals surface area contributed by atoms with Gasteiger partial charge >= 0.3 is 6.18 Å². The first-order valence-corrected chi connectivity index (χ1v) is 16.4. The second-order valence-corrected chi connectivity index (χ2v) is 14.1. The van der Waals surface area contributed by atoms with Crippen molar-refractivity contribution in [3.63, 3.8) is 0 Å². The molecule has 4 aliphatic rings. The minimum Gasteiger partial charge on any atom is -0.368 e. The van der Waals surface area contributed by atoms with Gasteiger partial charge in [-0.3, -0.25) is 4.79 Å². The summed E-state index contributed by atoms with van der Waals surface area (Å²) in [6.07, 6.45) is 0.354. The summed E-state index contributed by atoms with van der Waals surface area (Å²) in [5.41, 5.74) is 2.01. The van der Waals surface area contributed by atoms with E-state index in [1.807, 2.05) is 11.0 Å². The molecule has 2 aromatic heterocycles. The second-order valence-electron chi connectivity index (χ2n) is 11.9. The van der Waals surface area contributed by atoms with Crippen LogP contribution in [0.25, 0.3) is 10.6 Å². The normalized spacial score (nSPS) is 23.1. The lowest BCUT2D eigenvalue weighted by Crippen LogP contribution is -2.54. The fourth-order valence-corrected chi connectivity index (χ4v) is 8.37. The summed E-state index contributed by atoms with van der Waals surface area (Å²) < 4.78 is 42.5. The predicted molar refractivity (Wildman–Crippen MR) is 161 cm³/mol. The van der Waals surface area contributed by atoms with Crippen LogP contribution in [0, 0.1) is 0 Å². The maximum absolute atomic E-state index is 14.2. The van der Waals surface area contributed by atoms with Gasteiger partial charge < -0.3 is 20.4 Å². The number of nitrogens with zero attached hydrogens (tertiary/aromatic N) is 4. The van der Waals surface area contributed by atoms with Gasteiger partial charge in [0.15, 0.2) is 0 Å². The topological polar surface area (TPSA) is 73.4 Å². The van der Waals surface area contributed by atoms with Gasteiger partial charge in [-0.05, 0) is 75.3 Å². The van der Waals surface area contributed by atoms with Gasteiger partial charge in [-0.1, -0.05) is 0 Å². The van der Waals surface area contributed by atoms with E-state index in [1.54, 1.807) is 6.07 Å². The molecule has 3 fully saturated rings. The molecule has 3 aromatic rings. The summed E-state index contributed by atoms with van der Waals surface area (Å²) in [6, 6.07) is 8.98. The summed E-state index contributed by atoms with van der Waals surface area (Å²) in [4.78, 5) is 27.6. The summed E-state index contributed by atoms with van der Waals surface area (Å²) in [5, 5.41) is 6.81. The van der Waals surface area contributed by atoms with Crippen molar-refractivity contribution in [1.82, 2.24) is 20.2 Å². The second kappa shape index (κ2) is 10.7. The van der Waals surface area contributed by atoms with E-state index >= 15 is 0 Å². The van der Waals surface area contributed by atoms with Crippen molar-refractivity contribution in [2.24, 2.45) is 0 Å². The lowest BCUT2D eigenvalue weighted by Gasteiger charge is -2.38. The molecule has 1 saturated heterocycles. The van der Waals surface area contributed by atoms with Gasteiger partial charge in [-0.2, -0.15) is 13.2 Å². The summed E-state index contributed by atoms with van der Waals surface area (Å²) in [7, 11) is 0. The molecule has 0 radical (unpaired) electrons. The zero-order chi connectivity index (χ0) is 29.2. The number of piperazine rings is 1. The van der Waals surface area contributed by atoms with Gasteiger partial charge in [-0.15, -0.1) is 23.1 Å². The zero-order valence-electron chi connectivity index (χ0n) is 23.5. The molecule has 0 unspecified atom stereocenters. The number of aromatic nitrogens is 2. The van der Waals surface area contributed by atoms with Gasteiger partial charge in [0.05, 0.1) is 10.6 Å². The monoisotopic (exact) mass is 614 g/mol. The average Bonchev–Trinajstić information content (AvgIpc) is 3.87. The largest absolute Gasteiger partial charge is 0.420 e. The van der Waals surface area contributed by atoms with E-state index in [0.717, 1.165) is 83.9 Å². The molecule has 0 bridgehead atoms. The summed E-state index contributed by atoms with van der Waals surface area (Å²) in [6.45, 7) is 6.86. The lowest BCUT2D eigenvalue weighted by molar-refractivity contribution is -0.137. The number of anilines is 3. The zero-order valence-corrected chi connectivity index (χ0v) is 25.1. The third kappa shape index (κ3) is 5.60. The highest BCUT2D eigenvalue weighted by molar-refractivity contribution is 7.99. The molecule has 7 nitrogen and oxygen atoms in total. The van der Waals surface area contributed by atoms with E-state index < -0.39 is 11.7 Å². The molecule has 4 heterocycles. The van der Waals surface area contributed by atoms with Crippen molar-refractivity contribution in [2.75, 3.05) is 35.6 Å². The molecule has 1 aromatic carbocycles. The Labute approximate surface area is 251 Å². The quantitative estimate of drug-likeness (QED) is 0.319. The van der Waals surface area contributed by atoms with Crippen molar-refractivity contribution in [3.05, 3.63) is 46.5 Å². The lowest BCUT2D eigenvalue weighted by atomic mass is 10.0. The Morgan fingerprint density at radius 2 is 1.83 bits per heavy atom. The van der Waals surface area contributed by atoms with Gasteiger partial charge in [0, 0.05) is 66.0 Å². The van der Waals surface area contributed by atoms with Crippen molar-refractivity contribution < 1.29 is 18.0 Å². The molecule has 2 saturated carbocycles. The molecule has 1 amide bonds. The molecule has 2 N–H and O–H groups in total. The number of amides is 1. The van der Waals surface area contributed by atoms with Crippen LogP contribution in [0.1, 0.15) is 66.2 Å². The Bertz CT molecular complexity index is 1510. The first-order chi connectivity index (χ1) is 20.1. The standard InChI is InChI=1S/C30H33F3N6OS2/c1-16-14-38(15-17(2)35-16)20-7-8-23(21(11-20)18-3-4-18)36-29-34-13-22(30(31,32)33)26(37-29)24-12-25-27(42-24)28(40)39(9-10-41-25)19-5-6-19/h7-8,11-13,16-19,35H,3-6,9-10,14-15H2,1-2H3,(H,34,36,37)/t16-,17+. The van der Waals surface area contributed by atoms with Crippen molar-refractivity contribution in [3.8, 4) is 10.6 Å². The number of carbonyl (C=O) groups is 1. The molecule has 2 aliphatic carbocycles. The van der Waals surface area contributed by atoms with Crippen LogP contribution in [0.2, 0.25) is 0 Å². The van der Waals surface area contributed by atoms with Crippen LogP contribution in [-0.2, 0) is 6.18 Å². The van der Waals surface area contributed by atoms with Crippen molar-refractivity contribution in [2.45, 2.75) is 74.6 Å². The van der Waals surface area contributed by atoms with E-state index in [-0.39, 0.29) is 23.6 Å². The molecule has 12 heteroatoms. The number of thiophene rings is 1. The van der Waals surface area contributed by atoms with E-state index in [1.165, 1.54) is 11.8 Å². The van der Waals surface area contributed by atoms with E-state index in [0.29, 0.717) is 34.3 Å². The van der Waals surface area contributed by atoms with Crippen molar-refractivity contribution >= 4 is 46.3 Å². The number of alkyl halides is 3. The van der Waals surface area contributed by atoms with E-state index in [9.17, 15) is 18.0 Å². The maximum Gasteiger partial charge on any atom is 0.420 e. The predicted octanol–water partition coefficient (Wildman–Crippen LogP) is 6.74. The highest BCUT2D eigenvalue weighted by Crippen LogP contribution is 2.47. The van der Waals surface area contributed by atoms with Crippen LogP contribution in [0.3, 0.4) is 0 Å². The highest BCUT2D eigenvalue weighted by atomic mass is 32.2. The molecule has 0 spiro atoms. The van der Waals surface area contributed by atoms with Gasteiger partial charge in [0.25, 0.3) is 5.91 Å². The van der Waals surface area contributed by atoms with Crippen LogP contribution in [0.15, 0.2) is 35.4 Å². The van der Waals surface area contributed by atoms with E-state index in [4.69, 9.17) is 0 Å². The SMILES string of the molecule is C[C@@H]1CN(c2ccc(Nc3ncc(C(F)(F)F)c(-c4cc5c(s4)C(=O)N(C4CC4)CCS5)n3)c(C3CC3)c2)C[C@H](C)N1. The molecular formula is C30H33F3N6OS2. The Morgan fingerprint density at radius 1 is 1.07 bits per heavy atom. The Kier molecular flexibility index (Phi) is 7.13. The first kappa shape index (κ1) is 28.0. The minimum atomic E-state index is -4.63. The molecule has 7 rings (SSSR count). The van der Waals surface area contributed by atoms with Crippen LogP contribution in [-0.4, -0.2) is 64.3 Å². The fourth-order valence-electron chi connectivity index (χ4n) is 6.06. The number of rotatable bonds is 6. The smallest absolute Gasteiger partial charge is 0.368 e. The fraction of sp³-hybridized carbons (Fsp3) is 0.500. The Morgan fingerprint density at radius 3 is 2.52 bits per heavy atom. The summed E-state index contributed by atoms with van der Waals surface area (Å²) >= 11 is 2.62. The number of thioether (sulfide) groups is 1. The number of carbonyl (C=O) groups excluding carboxylic acids is 1. The number of benzene rings is 1. The first-order valence-electron chi connectivity index (χ1n) is 14.6. The van der Waals surface area contributed by atoms with Gasteiger partial charge in [0.2, 0.25) is 5.95 Å². The third-order valence-electron chi connectivity index (χ3n) is 8.28.